The van der Waals surface area contributed by atoms with Crippen LogP contribution in [0.1, 0.15) is 83.4 Å². The molecule has 0 bridgehead atoms. The Hall–Kier alpha value is -3.98. The van der Waals surface area contributed by atoms with Crippen molar-refractivity contribution in [3.05, 3.63) is 76.9 Å². The van der Waals surface area contributed by atoms with Gasteiger partial charge in [0, 0.05) is 31.3 Å². The lowest BCUT2D eigenvalue weighted by Gasteiger charge is -2.33. The number of amides is 2. The van der Waals surface area contributed by atoms with Crippen molar-refractivity contribution in [1.82, 2.24) is 15.1 Å². The normalized spacial score (nSPS) is 16.3. The van der Waals surface area contributed by atoms with E-state index in [1.807, 2.05) is 70.2 Å². The zero-order chi connectivity index (χ0) is 35.4. The van der Waals surface area contributed by atoms with Crippen molar-refractivity contribution < 1.29 is 33.4 Å². The monoisotopic (exact) mass is 675 g/mol. The van der Waals surface area contributed by atoms with Crippen molar-refractivity contribution in [1.29, 1.82) is 0 Å². The van der Waals surface area contributed by atoms with Gasteiger partial charge in [-0.25, -0.2) is 9.59 Å². The fourth-order valence-corrected chi connectivity index (χ4v) is 6.71. The van der Waals surface area contributed by atoms with E-state index in [-0.39, 0.29) is 37.1 Å². The largest absolute Gasteiger partial charge is 0.459 e. The molecule has 1 heterocycles. The zero-order valence-electron chi connectivity index (χ0n) is 29.7. The van der Waals surface area contributed by atoms with Crippen LogP contribution in [0.4, 0.5) is 4.79 Å². The summed E-state index contributed by atoms with van der Waals surface area (Å²) in [5.41, 5.74) is 3.38. The first-order valence-electron chi connectivity index (χ1n) is 17.6. The Bertz CT molecular complexity index is 1420. The summed E-state index contributed by atoms with van der Waals surface area (Å²) in [6.45, 7) is 10.8. The average molecular weight is 676 g/mol. The minimum Gasteiger partial charge on any atom is -0.459 e. The Balaban J connectivity index is 1.28. The Labute approximate surface area is 291 Å². The molecule has 4 rings (SSSR count). The lowest BCUT2D eigenvalue weighted by Crippen LogP contribution is -2.54. The van der Waals surface area contributed by atoms with Gasteiger partial charge < -0.3 is 24.0 Å². The number of hydrogen-bond donors (Lipinski definition) is 1. The molecule has 49 heavy (non-hydrogen) atoms. The first kappa shape index (κ1) is 37.8. The number of benzene rings is 2. The molecular weight excluding hydrogens is 622 g/mol. The predicted molar refractivity (Wildman–Crippen MR) is 187 cm³/mol. The Kier molecular flexibility index (Phi) is 14.0. The van der Waals surface area contributed by atoms with Gasteiger partial charge >= 0.3 is 12.1 Å². The second kappa shape index (κ2) is 18.1. The van der Waals surface area contributed by atoms with E-state index in [4.69, 9.17) is 14.2 Å². The van der Waals surface area contributed by atoms with Gasteiger partial charge in [-0.3, -0.25) is 14.9 Å². The second-order valence-electron chi connectivity index (χ2n) is 14.0. The Morgan fingerprint density at radius 2 is 1.63 bits per heavy atom. The standard InChI is InChI=1S/C39H53N3O7/c1-6-47-35(18-12-17-33(26-43)30-19-21-41(22-20-30)38(46)48-27-29-13-8-7-9-14-29)40-28(2)37(45)42(25-36(44)49-39(3,4)5)34-23-31-15-10-11-16-32(31)24-34/h7-11,13-16,28,30,34-35,40H,6,12,17-25,27H2,1-5H3/t28-,35-/m0/s1. The number of piperidine rings is 1. The summed E-state index contributed by atoms with van der Waals surface area (Å²) in [5.74, 6) is 1.62. The van der Waals surface area contributed by atoms with Crippen LogP contribution in [-0.2, 0) is 48.0 Å². The second-order valence-corrected chi connectivity index (χ2v) is 14.0. The smallest absolute Gasteiger partial charge is 0.410 e. The summed E-state index contributed by atoms with van der Waals surface area (Å²) < 4.78 is 17.1. The molecule has 0 spiro atoms. The number of nitrogens with one attached hydrogen (secondary N) is 1. The minimum absolute atomic E-state index is 0.0617. The summed E-state index contributed by atoms with van der Waals surface area (Å²) in [7, 11) is 0. The van der Waals surface area contributed by atoms with Gasteiger partial charge in [0.25, 0.3) is 0 Å². The molecule has 266 valence electrons. The minimum atomic E-state index is -0.658. The molecule has 1 saturated heterocycles. The Morgan fingerprint density at radius 1 is 1.00 bits per heavy atom. The van der Waals surface area contributed by atoms with Crippen LogP contribution in [0.15, 0.2) is 60.2 Å². The molecule has 10 heteroatoms. The maximum atomic E-state index is 14.0. The number of allylic oxidation sites excluding steroid dienone is 1. The zero-order valence-corrected chi connectivity index (χ0v) is 29.7. The molecule has 10 nitrogen and oxygen atoms in total. The quantitative estimate of drug-likeness (QED) is 0.147. The van der Waals surface area contributed by atoms with E-state index in [0.29, 0.717) is 64.6 Å². The van der Waals surface area contributed by atoms with E-state index < -0.39 is 23.8 Å². The van der Waals surface area contributed by atoms with Crippen molar-refractivity contribution in [3.8, 4) is 0 Å². The first-order valence-corrected chi connectivity index (χ1v) is 17.6. The van der Waals surface area contributed by atoms with E-state index in [9.17, 15) is 19.2 Å². The molecule has 1 aliphatic heterocycles. The molecule has 1 aliphatic carbocycles. The fourth-order valence-electron chi connectivity index (χ4n) is 6.71. The highest BCUT2D eigenvalue weighted by molar-refractivity contribution is 5.86. The molecular formula is C39H53N3O7. The maximum absolute atomic E-state index is 14.0. The van der Waals surface area contributed by atoms with Gasteiger partial charge in [0.05, 0.1) is 6.04 Å². The molecule has 0 radical (unpaired) electrons. The van der Waals surface area contributed by atoms with Crippen LogP contribution in [0.25, 0.3) is 0 Å². The van der Waals surface area contributed by atoms with Crippen molar-refractivity contribution in [3.63, 3.8) is 0 Å². The van der Waals surface area contributed by atoms with Crippen LogP contribution in [-0.4, -0.2) is 83.9 Å². The van der Waals surface area contributed by atoms with Gasteiger partial charge in [0.1, 0.15) is 30.9 Å². The highest BCUT2D eigenvalue weighted by atomic mass is 16.6. The van der Waals surface area contributed by atoms with Crippen LogP contribution in [0.5, 0.6) is 0 Å². The number of esters is 1. The SMILES string of the molecule is CCO[C@@H](CCCC(=C=O)C1CCN(C(=O)OCc2ccccc2)CC1)N[C@@H](C)C(=O)N(CC(=O)OC(C)(C)C)C1Cc2ccccc2C1. The van der Waals surface area contributed by atoms with E-state index in [2.05, 4.69) is 23.4 Å². The van der Waals surface area contributed by atoms with Crippen LogP contribution >= 0.6 is 0 Å². The highest BCUT2D eigenvalue weighted by Gasteiger charge is 2.35. The molecule has 0 aromatic heterocycles. The molecule has 2 aliphatic rings. The van der Waals surface area contributed by atoms with Crippen molar-refractivity contribution in [2.45, 2.75) is 110 Å². The Morgan fingerprint density at radius 3 is 2.22 bits per heavy atom. The highest BCUT2D eigenvalue weighted by Crippen LogP contribution is 2.28. The summed E-state index contributed by atoms with van der Waals surface area (Å²) >= 11 is 0. The van der Waals surface area contributed by atoms with E-state index in [0.717, 1.165) is 11.1 Å². The van der Waals surface area contributed by atoms with Gasteiger partial charge in [-0.15, -0.1) is 0 Å². The van der Waals surface area contributed by atoms with Crippen LogP contribution in [0.2, 0.25) is 0 Å². The lowest BCUT2D eigenvalue weighted by molar-refractivity contribution is -0.160. The molecule has 2 atom stereocenters. The fraction of sp³-hybridized carbons (Fsp3) is 0.564. The average Bonchev–Trinajstić information content (AvgIpc) is 3.52. The number of fused-ring (bicyclic) bond motifs is 1. The first-order chi connectivity index (χ1) is 23.5. The molecule has 2 aromatic carbocycles. The number of likely N-dealkylation sites (tertiary alicyclic amines) is 1. The predicted octanol–water partition coefficient (Wildman–Crippen LogP) is 5.64. The van der Waals surface area contributed by atoms with Crippen LogP contribution < -0.4 is 5.32 Å². The van der Waals surface area contributed by atoms with Gasteiger partial charge in [-0.2, -0.15) is 0 Å². The summed E-state index contributed by atoms with van der Waals surface area (Å²) in [6, 6.07) is 17.0. The third kappa shape index (κ3) is 11.6. The van der Waals surface area contributed by atoms with Gasteiger partial charge in [0.15, 0.2) is 0 Å². The van der Waals surface area contributed by atoms with Crippen molar-refractivity contribution in [2.75, 3.05) is 26.2 Å². The molecule has 2 amide bonds. The number of hydrogen-bond acceptors (Lipinski definition) is 8. The lowest BCUT2D eigenvalue weighted by atomic mass is 9.87. The number of nitrogens with zero attached hydrogens (tertiary/aromatic N) is 2. The molecule has 1 fully saturated rings. The van der Waals surface area contributed by atoms with Gasteiger partial charge in [0.2, 0.25) is 5.91 Å². The third-order valence-electron chi connectivity index (χ3n) is 9.14. The molecule has 1 N–H and O–H groups in total. The summed E-state index contributed by atoms with van der Waals surface area (Å²) in [5, 5.41) is 3.35. The topological polar surface area (TPSA) is 114 Å². The third-order valence-corrected chi connectivity index (χ3v) is 9.14. The van der Waals surface area contributed by atoms with E-state index in [1.165, 1.54) is 11.1 Å². The molecule has 0 unspecified atom stereocenters. The van der Waals surface area contributed by atoms with Crippen LogP contribution in [0, 0.1) is 5.92 Å². The number of rotatable bonds is 15. The number of carbonyl (C=O) groups excluding carboxylic acids is 4. The summed E-state index contributed by atoms with van der Waals surface area (Å²) in [6.07, 6.45) is 3.79. The van der Waals surface area contributed by atoms with Crippen molar-refractivity contribution in [2.24, 2.45) is 5.92 Å². The van der Waals surface area contributed by atoms with Crippen LogP contribution in [0.3, 0.4) is 0 Å². The molecule has 0 saturated carbocycles. The number of ether oxygens (including phenoxy) is 3. The molecule has 2 aromatic rings. The maximum Gasteiger partial charge on any atom is 0.410 e. The van der Waals surface area contributed by atoms with Crippen molar-refractivity contribution >= 4 is 23.9 Å². The van der Waals surface area contributed by atoms with Gasteiger partial charge in [-0.05, 0) is 102 Å². The van der Waals surface area contributed by atoms with E-state index in [1.54, 1.807) is 16.7 Å². The number of carbonyl (C=O) groups is 3. The van der Waals surface area contributed by atoms with Gasteiger partial charge in [-0.1, -0.05) is 54.6 Å². The summed E-state index contributed by atoms with van der Waals surface area (Å²) in [4.78, 5) is 54.8. The van der Waals surface area contributed by atoms with E-state index >= 15 is 0 Å².